The Bertz CT molecular complexity index is 478. The maximum Gasteiger partial charge on any atom is 0.125 e. The van der Waals surface area contributed by atoms with Crippen molar-refractivity contribution in [1.29, 1.82) is 0 Å². The first-order valence-corrected chi connectivity index (χ1v) is 8.10. The first kappa shape index (κ1) is 12.4. The number of para-hydroxylation sites is 1. The van der Waals surface area contributed by atoms with Crippen molar-refractivity contribution < 1.29 is 5.11 Å². The van der Waals surface area contributed by atoms with Gasteiger partial charge in [-0.2, -0.15) is 0 Å². The van der Waals surface area contributed by atoms with Gasteiger partial charge in [-0.1, -0.05) is 12.1 Å². The van der Waals surface area contributed by atoms with Crippen LogP contribution in [0, 0.1) is 0 Å². The van der Waals surface area contributed by atoms with Crippen molar-refractivity contribution in [3.05, 3.63) is 29.8 Å². The van der Waals surface area contributed by atoms with E-state index in [4.69, 9.17) is 4.99 Å². The highest BCUT2D eigenvalue weighted by molar-refractivity contribution is 8.14. The zero-order valence-electron chi connectivity index (χ0n) is 10.2. The Morgan fingerprint density at radius 1 is 1.39 bits per heavy atom. The quantitative estimate of drug-likeness (QED) is 0.901. The summed E-state index contributed by atoms with van der Waals surface area (Å²) < 4.78 is 0. The third kappa shape index (κ3) is 2.27. The Morgan fingerprint density at radius 2 is 2.22 bits per heavy atom. The molecule has 3 rings (SSSR count). The highest BCUT2D eigenvalue weighted by Crippen LogP contribution is 2.35. The van der Waals surface area contributed by atoms with Gasteiger partial charge < -0.3 is 5.11 Å². The second-order valence-electron chi connectivity index (χ2n) is 4.57. The number of rotatable bonds is 2. The van der Waals surface area contributed by atoms with Crippen LogP contribution >= 0.6 is 23.5 Å². The average Bonchev–Trinajstić information content (AvgIpc) is 2.98. The Balaban J connectivity index is 1.82. The molecule has 1 aromatic carbocycles. The minimum Gasteiger partial charge on any atom is -0.507 e. The molecule has 1 N–H and O–H groups in total. The van der Waals surface area contributed by atoms with E-state index in [9.17, 15) is 5.11 Å². The number of thioether (sulfide) groups is 2. The monoisotopic (exact) mass is 280 g/mol. The molecular weight excluding hydrogens is 264 g/mol. The summed E-state index contributed by atoms with van der Waals surface area (Å²) in [5, 5.41) is 11.4. The zero-order chi connectivity index (χ0) is 12.5. The van der Waals surface area contributed by atoms with Crippen molar-refractivity contribution in [1.82, 2.24) is 4.90 Å². The van der Waals surface area contributed by atoms with Gasteiger partial charge in [0.05, 0.1) is 11.4 Å². The molecule has 0 radical (unpaired) electrons. The predicted molar refractivity (Wildman–Crippen MR) is 79.8 cm³/mol. The van der Waals surface area contributed by atoms with E-state index in [0.717, 1.165) is 22.9 Å². The van der Waals surface area contributed by atoms with Crippen molar-refractivity contribution in [2.75, 3.05) is 25.1 Å². The summed E-state index contributed by atoms with van der Waals surface area (Å²) in [6, 6.07) is 7.80. The van der Waals surface area contributed by atoms with Gasteiger partial charge in [-0.25, -0.2) is 0 Å². The Hall–Kier alpha value is -0.650. The highest BCUT2D eigenvalue weighted by Gasteiger charge is 2.33. The molecule has 2 heterocycles. The van der Waals surface area contributed by atoms with Gasteiger partial charge in [0.2, 0.25) is 0 Å². The maximum atomic E-state index is 9.86. The summed E-state index contributed by atoms with van der Waals surface area (Å²) in [4.78, 5) is 7.19. The van der Waals surface area contributed by atoms with Gasteiger partial charge >= 0.3 is 0 Å². The molecule has 18 heavy (non-hydrogen) atoms. The number of likely N-dealkylation sites (N-methyl/N-ethyl adjacent to an activating group) is 1. The predicted octanol–water partition coefficient (Wildman–Crippen LogP) is 2.26. The molecule has 2 atom stereocenters. The van der Waals surface area contributed by atoms with E-state index in [1.807, 2.05) is 30.0 Å². The topological polar surface area (TPSA) is 35.8 Å². The fraction of sp³-hybridized carbons (Fsp3) is 0.462. The van der Waals surface area contributed by atoms with Crippen LogP contribution in [0.15, 0.2) is 29.3 Å². The number of benzene rings is 1. The largest absolute Gasteiger partial charge is 0.507 e. The second kappa shape index (κ2) is 5.15. The molecule has 3 nitrogen and oxygen atoms in total. The van der Waals surface area contributed by atoms with Crippen LogP contribution in [0.3, 0.4) is 0 Å². The lowest BCUT2D eigenvalue weighted by molar-refractivity contribution is 0.328. The number of nitrogens with zero attached hydrogens (tertiary/aromatic N) is 2. The van der Waals surface area contributed by atoms with Crippen molar-refractivity contribution in [3.8, 4) is 5.75 Å². The molecule has 2 aliphatic rings. The molecule has 96 valence electrons. The van der Waals surface area contributed by atoms with Crippen LogP contribution < -0.4 is 0 Å². The Morgan fingerprint density at radius 3 is 2.94 bits per heavy atom. The maximum absolute atomic E-state index is 9.86. The SMILES string of the molecule is CN1CCSC1C1CSC(c2ccccc2O)=N1. The van der Waals surface area contributed by atoms with E-state index < -0.39 is 0 Å². The number of phenols is 1. The van der Waals surface area contributed by atoms with Crippen LogP contribution in [0.5, 0.6) is 5.75 Å². The second-order valence-corrected chi connectivity index (χ2v) is 6.80. The summed E-state index contributed by atoms with van der Waals surface area (Å²) in [6.45, 7) is 1.15. The third-order valence-corrected chi connectivity index (χ3v) is 5.85. The lowest BCUT2D eigenvalue weighted by atomic mass is 10.2. The molecule has 0 bridgehead atoms. The number of aliphatic imine (C=N–C) groups is 1. The van der Waals surface area contributed by atoms with Gasteiger partial charge in [0.15, 0.2) is 0 Å². The van der Waals surface area contributed by atoms with Crippen molar-refractivity contribution in [2.24, 2.45) is 4.99 Å². The summed E-state index contributed by atoms with van der Waals surface area (Å²) >= 11 is 3.75. The van der Waals surface area contributed by atoms with Gasteiger partial charge in [0, 0.05) is 23.6 Å². The van der Waals surface area contributed by atoms with Crippen molar-refractivity contribution >= 4 is 28.6 Å². The van der Waals surface area contributed by atoms with Crippen LogP contribution in [0.25, 0.3) is 0 Å². The van der Waals surface area contributed by atoms with E-state index in [1.54, 1.807) is 17.8 Å². The fourth-order valence-electron chi connectivity index (χ4n) is 2.31. The zero-order valence-corrected chi connectivity index (χ0v) is 11.9. The van der Waals surface area contributed by atoms with Gasteiger partial charge in [-0.05, 0) is 19.2 Å². The molecular formula is C13H16N2OS2. The van der Waals surface area contributed by atoms with Crippen molar-refractivity contribution in [3.63, 3.8) is 0 Å². The smallest absolute Gasteiger partial charge is 0.125 e. The summed E-state index contributed by atoms with van der Waals surface area (Å²) in [5.74, 6) is 2.55. The summed E-state index contributed by atoms with van der Waals surface area (Å²) in [6.07, 6.45) is 0. The first-order chi connectivity index (χ1) is 8.75. The summed E-state index contributed by atoms with van der Waals surface area (Å²) in [7, 11) is 2.17. The fourth-order valence-corrected chi connectivity index (χ4v) is 4.93. The number of aromatic hydroxyl groups is 1. The molecule has 1 aromatic rings. The molecule has 0 amide bonds. The minimum atomic E-state index is 0.330. The molecule has 2 aliphatic heterocycles. The molecule has 0 saturated carbocycles. The minimum absolute atomic E-state index is 0.330. The lowest BCUT2D eigenvalue weighted by Gasteiger charge is -2.21. The van der Waals surface area contributed by atoms with Crippen LogP contribution in [-0.4, -0.2) is 51.6 Å². The van der Waals surface area contributed by atoms with Crippen LogP contribution in [0.4, 0.5) is 0 Å². The molecule has 1 fully saturated rings. The van der Waals surface area contributed by atoms with E-state index in [0.29, 0.717) is 17.2 Å². The normalized spacial score (nSPS) is 28.6. The van der Waals surface area contributed by atoms with Crippen LogP contribution in [0.1, 0.15) is 5.56 Å². The van der Waals surface area contributed by atoms with E-state index in [1.165, 1.54) is 5.75 Å². The number of hydrogen-bond acceptors (Lipinski definition) is 5. The van der Waals surface area contributed by atoms with Crippen molar-refractivity contribution in [2.45, 2.75) is 11.4 Å². The standard InChI is InChI=1S/C13H16N2OS2/c1-15-6-7-17-13(15)10-8-18-12(14-10)9-4-2-3-5-11(9)16/h2-5,10,13,16H,6-8H2,1H3. The van der Waals surface area contributed by atoms with Gasteiger partial charge in [0.25, 0.3) is 0 Å². The molecule has 0 aliphatic carbocycles. The molecule has 0 spiro atoms. The first-order valence-electron chi connectivity index (χ1n) is 6.06. The van der Waals surface area contributed by atoms with Crippen LogP contribution in [-0.2, 0) is 0 Å². The molecule has 1 saturated heterocycles. The summed E-state index contributed by atoms with van der Waals surface area (Å²) in [5.41, 5.74) is 0.871. The van der Waals surface area contributed by atoms with Gasteiger partial charge in [-0.15, -0.1) is 23.5 Å². The van der Waals surface area contributed by atoms with E-state index >= 15 is 0 Å². The van der Waals surface area contributed by atoms with Gasteiger partial charge in [-0.3, -0.25) is 9.89 Å². The highest BCUT2D eigenvalue weighted by atomic mass is 32.2. The van der Waals surface area contributed by atoms with E-state index in [2.05, 4.69) is 11.9 Å². The van der Waals surface area contributed by atoms with Crippen LogP contribution in [0.2, 0.25) is 0 Å². The molecule has 2 unspecified atom stereocenters. The average molecular weight is 280 g/mol. The van der Waals surface area contributed by atoms with Gasteiger partial charge in [0.1, 0.15) is 10.8 Å². The molecule has 0 aromatic heterocycles. The third-order valence-electron chi connectivity index (χ3n) is 3.30. The molecule has 5 heteroatoms. The van der Waals surface area contributed by atoms with E-state index in [-0.39, 0.29) is 0 Å². The number of phenolic OH excluding ortho intramolecular Hbond substituents is 1. The lowest BCUT2D eigenvalue weighted by Crippen LogP contribution is -2.33. The number of hydrogen-bond donors (Lipinski definition) is 1. The Labute approximate surface area is 116 Å². The Kier molecular flexibility index (Phi) is 3.54.